The standard InChI is InChI=1S/C14H28N2O/c1-4-14(3,15)13(17)16-9-8-12-7-5-6-11(2)10-12/h11-12H,4-10,15H2,1-3H3,(H,16,17). The lowest BCUT2D eigenvalue weighted by Gasteiger charge is -2.27. The van der Waals surface area contributed by atoms with Crippen molar-refractivity contribution in [3.63, 3.8) is 0 Å². The van der Waals surface area contributed by atoms with Crippen LogP contribution in [0.4, 0.5) is 0 Å². The molecule has 1 saturated carbocycles. The molecule has 0 aromatic rings. The smallest absolute Gasteiger partial charge is 0.239 e. The van der Waals surface area contributed by atoms with Crippen LogP contribution in [0.3, 0.4) is 0 Å². The molecular formula is C14H28N2O. The molecule has 3 unspecified atom stereocenters. The lowest BCUT2D eigenvalue weighted by atomic mass is 9.81. The Bertz CT molecular complexity index is 251. The van der Waals surface area contributed by atoms with Gasteiger partial charge >= 0.3 is 0 Å². The third-order valence-corrected chi connectivity index (χ3v) is 4.14. The molecule has 0 aliphatic heterocycles. The maximum Gasteiger partial charge on any atom is 0.239 e. The molecule has 1 aliphatic carbocycles. The number of amides is 1. The second-order valence-electron chi connectivity index (χ2n) is 5.95. The number of hydrogen-bond acceptors (Lipinski definition) is 2. The first-order valence-electron chi connectivity index (χ1n) is 7.03. The lowest BCUT2D eigenvalue weighted by Crippen LogP contribution is -2.51. The van der Waals surface area contributed by atoms with Crippen molar-refractivity contribution in [3.8, 4) is 0 Å². The molecule has 0 aromatic heterocycles. The summed E-state index contributed by atoms with van der Waals surface area (Å²) in [4.78, 5) is 11.8. The van der Waals surface area contributed by atoms with Crippen LogP contribution in [-0.4, -0.2) is 18.0 Å². The van der Waals surface area contributed by atoms with Gasteiger partial charge < -0.3 is 11.1 Å². The van der Waals surface area contributed by atoms with Crippen LogP contribution in [0.2, 0.25) is 0 Å². The number of hydrogen-bond donors (Lipinski definition) is 2. The predicted octanol–water partition coefficient (Wildman–Crippen LogP) is 2.45. The molecule has 3 N–H and O–H groups in total. The van der Waals surface area contributed by atoms with Gasteiger partial charge in [0.15, 0.2) is 0 Å². The Hall–Kier alpha value is -0.570. The van der Waals surface area contributed by atoms with Crippen LogP contribution in [0.5, 0.6) is 0 Å². The topological polar surface area (TPSA) is 55.1 Å². The molecule has 1 aliphatic rings. The lowest BCUT2D eigenvalue weighted by molar-refractivity contribution is -0.125. The third kappa shape index (κ3) is 4.66. The number of nitrogens with two attached hydrogens (primary N) is 1. The van der Waals surface area contributed by atoms with Crippen LogP contribution < -0.4 is 11.1 Å². The van der Waals surface area contributed by atoms with Crippen LogP contribution in [0.1, 0.15) is 59.3 Å². The van der Waals surface area contributed by atoms with E-state index in [0.717, 1.165) is 24.8 Å². The minimum Gasteiger partial charge on any atom is -0.355 e. The van der Waals surface area contributed by atoms with Crippen molar-refractivity contribution in [2.75, 3.05) is 6.54 Å². The quantitative estimate of drug-likeness (QED) is 0.775. The van der Waals surface area contributed by atoms with Crippen molar-refractivity contribution in [1.29, 1.82) is 0 Å². The van der Waals surface area contributed by atoms with Crippen LogP contribution in [0.25, 0.3) is 0 Å². The molecule has 3 heteroatoms. The van der Waals surface area contributed by atoms with Crippen molar-refractivity contribution >= 4 is 5.91 Å². The van der Waals surface area contributed by atoms with Crippen LogP contribution in [0.15, 0.2) is 0 Å². The molecule has 1 rings (SSSR count). The summed E-state index contributed by atoms with van der Waals surface area (Å²) < 4.78 is 0. The van der Waals surface area contributed by atoms with Gasteiger partial charge in [0.05, 0.1) is 5.54 Å². The Morgan fingerprint density at radius 3 is 2.76 bits per heavy atom. The maximum atomic E-state index is 11.8. The summed E-state index contributed by atoms with van der Waals surface area (Å²) in [5, 5.41) is 2.97. The summed E-state index contributed by atoms with van der Waals surface area (Å²) in [6, 6.07) is 0. The van der Waals surface area contributed by atoms with Crippen molar-refractivity contribution in [2.45, 2.75) is 64.8 Å². The first-order chi connectivity index (χ1) is 7.95. The molecule has 0 bridgehead atoms. The fraction of sp³-hybridized carbons (Fsp3) is 0.929. The second-order valence-corrected chi connectivity index (χ2v) is 5.95. The van der Waals surface area contributed by atoms with E-state index in [1.807, 2.05) is 6.92 Å². The van der Waals surface area contributed by atoms with E-state index < -0.39 is 5.54 Å². The Kier molecular flexibility index (Phi) is 5.44. The van der Waals surface area contributed by atoms with Crippen LogP contribution in [-0.2, 0) is 4.79 Å². The molecule has 0 heterocycles. The van der Waals surface area contributed by atoms with Crippen molar-refractivity contribution < 1.29 is 4.79 Å². The van der Waals surface area contributed by atoms with Gasteiger partial charge in [0.1, 0.15) is 0 Å². The minimum absolute atomic E-state index is 0.0103. The fourth-order valence-electron chi connectivity index (χ4n) is 2.57. The largest absolute Gasteiger partial charge is 0.355 e. The molecule has 0 saturated heterocycles. The summed E-state index contributed by atoms with van der Waals surface area (Å²) in [5.41, 5.74) is 5.18. The Morgan fingerprint density at radius 1 is 1.47 bits per heavy atom. The molecular weight excluding hydrogens is 212 g/mol. The monoisotopic (exact) mass is 240 g/mol. The van der Waals surface area contributed by atoms with Crippen molar-refractivity contribution in [3.05, 3.63) is 0 Å². The van der Waals surface area contributed by atoms with Gasteiger partial charge in [-0.3, -0.25) is 4.79 Å². The van der Waals surface area contributed by atoms with Crippen molar-refractivity contribution in [2.24, 2.45) is 17.6 Å². The molecule has 1 fully saturated rings. The van der Waals surface area contributed by atoms with Gasteiger partial charge in [-0.05, 0) is 38.0 Å². The summed E-state index contributed by atoms with van der Waals surface area (Å²) in [6.07, 6.45) is 7.16. The van der Waals surface area contributed by atoms with E-state index in [-0.39, 0.29) is 5.91 Å². The second kappa shape index (κ2) is 6.39. The first-order valence-corrected chi connectivity index (χ1v) is 7.03. The minimum atomic E-state index is -0.708. The van der Waals surface area contributed by atoms with Crippen LogP contribution >= 0.6 is 0 Å². The van der Waals surface area contributed by atoms with E-state index >= 15 is 0 Å². The summed E-state index contributed by atoms with van der Waals surface area (Å²) in [6.45, 7) is 6.86. The summed E-state index contributed by atoms with van der Waals surface area (Å²) in [5.74, 6) is 1.65. The van der Waals surface area contributed by atoms with E-state index in [2.05, 4.69) is 12.2 Å². The highest BCUT2D eigenvalue weighted by Gasteiger charge is 2.26. The van der Waals surface area contributed by atoms with Gasteiger partial charge in [0, 0.05) is 6.54 Å². The highest BCUT2D eigenvalue weighted by atomic mass is 16.2. The summed E-state index contributed by atoms with van der Waals surface area (Å²) in [7, 11) is 0. The first kappa shape index (κ1) is 14.5. The third-order valence-electron chi connectivity index (χ3n) is 4.14. The molecule has 17 heavy (non-hydrogen) atoms. The van der Waals surface area contributed by atoms with Crippen LogP contribution in [0, 0.1) is 11.8 Å². The van der Waals surface area contributed by atoms with E-state index in [0.29, 0.717) is 6.42 Å². The van der Waals surface area contributed by atoms with Gasteiger partial charge in [0.25, 0.3) is 0 Å². The Balaban J connectivity index is 2.21. The number of rotatable bonds is 5. The number of carbonyl (C=O) groups is 1. The van der Waals surface area contributed by atoms with E-state index in [9.17, 15) is 4.79 Å². The van der Waals surface area contributed by atoms with Gasteiger partial charge in [-0.15, -0.1) is 0 Å². The average Bonchev–Trinajstić information content (AvgIpc) is 2.29. The Morgan fingerprint density at radius 2 is 2.18 bits per heavy atom. The number of carbonyl (C=O) groups excluding carboxylic acids is 1. The zero-order valence-corrected chi connectivity index (χ0v) is 11.6. The maximum absolute atomic E-state index is 11.8. The molecule has 3 atom stereocenters. The van der Waals surface area contributed by atoms with E-state index in [4.69, 9.17) is 5.73 Å². The van der Waals surface area contributed by atoms with Gasteiger partial charge in [0.2, 0.25) is 5.91 Å². The highest BCUT2D eigenvalue weighted by molar-refractivity contribution is 5.85. The van der Waals surface area contributed by atoms with Gasteiger partial charge in [-0.1, -0.05) is 33.1 Å². The molecule has 100 valence electrons. The van der Waals surface area contributed by atoms with Gasteiger partial charge in [-0.25, -0.2) is 0 Å². The molecule has 0 spiro atoms. The van der Waals surface area contributed by atoms with E-state index in [1.165, 1.54) is 25.7 Å². The van der Waals surface area contributed by atoms with Gasteiger partial charge in [-0.2, -0.15) is 0 Å². The molecule has 0 aromatic carbocycles. The highest BCUT2D eigenvalue weighted by Crippen LogP contribution is 2.30. The average molecular weight is 240 g/mol. The fourth-order valence-corrected chi connectivity index (χ4v) is 2.57. The van der Waals surface area contributed by atoms with Crippen molar-refractivity contribution in [1.82, 2.24) is 5.32 Å². The zero-order chi connectivity index (χ0) is 12.9. The number of nitrogens with one attached hydrogen (secondary N) is 1. The molecule has 0 radical (unpaired) electrons. The summed E-state index contributed by atoms with van der Waals surface area (Å²) >= 11 is 0. The SMILES string of the molecule is CCC(C)(N)C(=O)NCCC1CCCC(C)C1. The molecule has 1 amide bonds. The van der Waals surface area contributed by atoms with E-state index in [1.54, 1.807) is 6.92 Å². The molecule has 3 nitrogen and oxygen atoms in total. The normalized spacial score (nSPS) is 28.5. The zero-order valence-electron chi connectivity index (χ0n) is 11.6. The Labute approximate surface area is 106 Å². The predicted molar refractivity (Wildman–Crippen MR) is 71.6 cm³/mol.